The van der Waals surface area contributed by atoms with E-state index in [2.05, 4.69) is 51.4 Å². The number of rotatable bonds is 4. The Hall–Kier alpha value is -0.680. The van der Waals surface area contributed by atoms with Gasteiger partial charge in [0.05, 0.1) is 9.70 Å². The maximum absolute atomic E-state index is 5.66. The van der Waals surface area contributed by atoms with Gasteiger partial charge in [-0.2, -0.15) is 0 Å². The average Bonchev–Trinajstić information content (AvgIpc) is 2.95. The van der Waals surface area contributed by atoms with Crippen molar-refractivity contribution in [1.82, 2.24) is 10.2 Å². The Morgan fingerprint density at radius 2 is 2.25 bits per heavy atom. The molecule has 2 aromatic rings. The summed E-state index contributed by atoms with van der Waals surface area (Å²) in [4.78, 5) is 1.25. The Kier molecular flexibility index (Phi) is 3.76. The molecular weight excluding hydrogens is 288 g/mol. The fourth-order valence-electron chi connectivity index (χ4n) is 1.43. The fraction of sp³-hybridized carbons (Fsp3) is 0.455. The van der Waals surface area contributed by atoms with E-state index in [1.165, 1.54) is 5.56 Å². The zero-order chi connectivity index (χ0) is 11.5. The summed E-state index contributed by atoms with van der Waals surface area (Å²) in [6, 6.07) is 2.11. The molecule has 0 spiro atoms. The minimum atomic E-state index is 0.152. The fourth-order valence-corrected chi connectivity index (χ4v) is 2.53. The molecule has 0 aliphatic rings. The van der Waals surface area contributed by atoms with Gasteiger partial charge in [0.1, 0.15) is 0 Å². The molecule has 0 aromatic carbocycles. The molecule has 0 radical (unpaired) electrons. The van der Waals surface area contributed by atoms with Crippen molar-refractivity contribution < 1.29 is 4.42 Å². The maximum atomic E-state index is 5.66. The van der Waals surface area contributed by atoms with Crippen LogP contribution in [-0.4, -0.2) is 10.2 Å². The third-order valence-corrected chi connectivity index (χ3v) is 4.37. The lowest BCUT2D eigenvalue weighted by Crippen LogP contribution is -1.86. The molecule has 0 fully saturated rings. The highest BCUT2D eigenvalue weighted by atomic mass is 79.9. The highest BCUT2D eigenvalue weighted by molar-refractivity contribution is 9.09. The predicted octanol–water partition coefficient (Wildman–Crippen LogP) is 4.21. The highest BCUT2D eigenvalue weighted by Gasteiger charge is 2.17. The predicted molar refractivity (Wildman–Crippen MR) is 68.9 cm³/mol. The van der Waals surface area contributed by atoms with Crippen LogP contribution in [0.1, 0.15) is 36.5 Å². The van der Waals surface area contributed by atoms with Crippen molar-refractivity contribution in [2.24, 2.45) is 0 Å². The summed E-state index contributed by atoms with van der Waals surface area (Å²) >= 11 is 5.15. The molecule has 2 aromatic heterocycles. The van der Waals surface area contributed by atoms with E-state index >= 15 is 0 Å². The first-order chi connectivity index (χ1) is 7.76. The van der Waals surface area contributed by atoms with Crippen LogP contribution in [0.15, 0.2) is 15.9 Å². The molecule has 16 heavy (non-hydrogen) atoms. The lowest BCUT2D eigenvalue weighted by molar-refractivity contribution is 0.501. The molecule has 0 saturated carbocycles. The Morgan fingerprint density at radius 3 is 2.94 bits per heavy atom. The molecule has 0 aliphatic heterocycles. The number of aryl methyl sites for hydroxylation is 1. The van der Waals surface area contributed by atoms with E-state index < -0.39 is 0 Å². The SMILES string of the molecule is CCc1ccsc1-c1nnc(C(Br)CC)o1. The third-order valence-electron chi connectivity index (χ3n) is 2.39. The van der Waals surface area contributed by atoms with Gasteiger partial charge in [0.15, 0.2) is 0 Å². The molecule has 2 rings (SSSR count). The Bertz CT molecular complexity index is 466. The van der Waals surface area contributed by atoms with E-state index in [-0.39, 0.29) is 4.83 Å². The molecule has 2 heterocycles. The topological polar surface area (TPSA) is 38.9 Å². The number of aromatic nitrogens is 2. The summed E-state index contributed by atoms with van der Waals surface area (Å²) in [6.45, 7) is 4.20. The summed E-state index contributed by atoms with van der Waals surface area (Å²) < 4.78 is 5.66. The first-order valence-corrected chi connectivity index (χ1v) is 7.10. The molecule has 0 aliphatic carbocycles. The second-order valence-electron chi connectivity index (χ2n) is 3.45. The number of halogens is 1. The quantitative estimate of drug-likeness (QED) is 0.794. The van der Waals surface area contributed by atoms with E-state index in [0.29, 0.717) is 11.8 Å². The van der Waals surface area contributed by atoms with Crippen LogP contribution in [0.5, 0.6) is 0 Å². The molecule has 0 amide bonds. The van der Waals surface area contributed by atoms with Crippen LogP contribution in [0.4, 0.5) is 0 Å². The molecule has 1 atom stereocenters. The minimum absolute atomic E-state index is 0.152. The molecule has 5 heteroatoms. The van der Waals surface area contributed by atoms with Gasteiger partial charge < -0.3 is 4.42 Å². The smallest absolute Gasteiger partial charge is 0.258 e. The second kappa shape index (κ2) is 5.10. The van der Waals surface area contributed by atoms with Crippen LogP contribution in [0.3, 0.4) is 0 Å². The first kappa shape index (κ1) is 11.8. The van der Waals surface area contributed by atoms with Gasteiger partial charge in [-0.1, -0.05) is 29.8 Å². The van der Waals surface area contributed by atoms with Crippen molar-refractivity contribution in [3.05, 3.63) is 22.9 Å². The first-order valence-electron chi connectivity index (χ1n) is 5.30. The minimum Gasteiger partial charge on any atom is -0.419 e. The third kappa shape index (κ3) is 2.20. The van der Waals surface area contributed by atoms with Crippen LogP contribution in [0, 0.1) is 0 Å². The number of alkyl halides is 1. The number of hydrogen-bond acceptors (Lipinski definition) is 4. The van der Waals surface area contributed by atoms with Crippen molar-refractivity contribution in [3.63, 3.8) is 0 Å². The Morgan fingerprint density at radius 1 is 1.44 bits per heavy atom. The standard InChI is InChI=1S/C11H13BrN2OS/c1-3-7-5-6-16-9(7)11-14-13-10(15-11)8(12)4-2/h5-6,8H,3-4H2,1-2H3. The van der Waals surface area contributed by atoms with Gasteiger partial charge in [0.25, 0.3) is 5.89 Å². The van der Waals surface area contributed by atoms with Crippen molar-refractivity contribution in [3.8, 4) is 10.8 Å². The van der Waals surface area contributed by atoms with E-state index in [9.17, 15) is 0 Å². The lowest BCUT2D eigenvalue weighted by atomic mass is 10.2. The van der Waals surface area contributed by atoms with Gasteiger partial charge in [0, 0.05) is 0 Å². The molecule has 1 unspecified atom stereocenters. The molecule has 3 nitrogen and oxygen atoms in total. The van der Waals surface area contributed by atoms with E-state index in [4.69, 9.17) is 4.42 Å². The normalized spacial score (nSPS) is 12.9. The van der Waals surface area contributed by atoms with Crippen LogP contribution in [-0.2, 0) is 6.42 Å². The molecule has 0 saturated heterocycles. The largest absolute Gasteiger partial charge is 0.419 e. The molecule has 86 valence electrons. The van der Waals surface area contributed by atoms with Gasteiger partial charge in [-0.25, -0.2) is 0 Å². The monoisotopic (exact) mass is 300 g/mol. The van der Waals surface area contributed by atoms with Crippen molar-refractivity contribution in [1.29, 1.82) is 0 Å². The van der Waals surface area contributed by atoms with Crippen LogP contribution in [0.2, 0.25) is 0 Å². The van der Waals surface area contributed by atoms with Crippen LogP contribution in [0.25, 0.3) is 10.8 Å². The van der Waals surface area contributed by atoms with Gasteiger partial charge >= 0.3 is 0 Å². The van der Waals surface area contributed by atoms with Crippen LogP contribution >= 0.6 is 27.3 Å². The maximum Gasteiger partial charge on any atom is 0.258 e. The molecule has 0 bridgehead atoms. The van der Waals surface area contributed by atoms with Gasteiger partial charge in [-0.3, -0.25) is 0 Å². The summed E-state index contributed by atoms with van der Waals surface area (Å²) in [6.07, 6.45) is 1.93. The van der Waals surface area contributed by atoms with Gasteiger partial charge in [0.2, 0.25) is 5.89 Å². The van der Waals surface area contributed by atoms with E-state index in [1.54, 1.807) is 11.3 Å². The van der Waals surface area contributed by atoms with E-state index in [1.807, 2.05) is 0 Å². The molecular formula is C11H13BrN2OS. The summed E-state index contributed by atoms with van der Waals surface area (Å²) in [7, 11) is 0. The number of hydrogen-bond donors (Lipinski definition) is 0. The van der Waals surface area contributed by atoms with Gasteiger partial charge in [-0.15, -0.1) is 21.5 Å². The zero-order valence-corrected chi connectivity index (χ0v) is 11.6. The van der Waals surface area contributed by atoms with Gasteiger partial charge in [-0.05, 0) is 29.9 Å². The highest BCUT2D eigenvalue weighted by Crippen LogP contribution is 2.32. The average molecular weight is 301 g/mol. The molecule has 0 N–H and O–H groups in total. The van der Waals surface area contributed by atoms with Crippen molar-refractivity contribution >= 4 is 27.3 Å². The summed E-state index contributed by atoms with van der Waals surface area (Å²) in [5, 5.41) is 10.2. The summed E-state index contributed by atoms with van der Waals surface area (Å²) in [5.41, 5.74) is 1.27. The van der Waals surface area contributed by atoms with Crippen LogP contribution < -0.4 is 0 Å². The van der Waals surface area contributed by atoms with Crippen molar-refractivity contribution in [2.45, 2.75) is 31.5 Å². The Labute approximate surface area is 107 Å². The zero-order valence-electron chi connectivity index (χ0n) is 9.24. The number of thiophene rings is 1. The Balaban J connectivity index is 2.31. The van der Waals surface area contributed by atoms with E-state index in [0.717, 1.165) is 17.7 Å². The number of nitrogens with zero attached hydrogens (tertiary/aromatic N) is 2. The van der Waals surface area contributed by atoms with Crippen molar-refractivity contribution in [2.75, 3.05) is 0 Å². The second-order valence-corrected chi connectivity index (χ2v) is 5.47. The lowest BCUT2D eigenvalue weighted by Gasteiger charge is -1.98. The summed E-state index contributed by atoms with van der Waals surface area (Å²) in [5.74, 6) is 1.30.